The van der Waals surface area contributed by atoms with Crippen molar-refractivity contribution in [2.45, 2.75) is 33.2 Å². The van der Waals surface area contributed by atoms with Crippen LogP contribution < -0.4 is 14.2 Å². The van der Waals surface area contributed by atoms with Crippen LogP contribution in [-0.4, -0.2) is 48.4 Å². The molecule has 178 valence electrons. The van der Waals surface area contributed by atoms with Crippen molar-refractivity contribution in [1.82, 2.24) is 14.5 Å². The first kappa shape index (κ1) is 23.4. The molecule has 1 amide bonds. The van der Waals surface area contributed by atoms with Crippen LogP contribution in [0.4, 0.5) is 4.79 Å². The molecule has 0 atom stereocenters. The molecule has 7 heteroatoms. The zero-order valence-corrected chi connectivity index (χ0v) is 20.6. The molecule has 0 fully saturated rings. The third-order valence-corrected chi connectivity index (χ3v) is 5.70. The summed E-state index contributed by atoms with van der Waals surface area (Å²) >= 11 is 0. The Bertz CT molecular complexity index is 1320. The van der Waals surface area contributed by atoms with Gasteiger partial charge in [0.25, 0.3) is 0 Å². The molecule has 4 rings (SSSR count). The van der Waals surface area contributed by atoms with Crippen molar-refractivity contribution in [1.29, 1.82) is 0 Å². The van der Waals surface area contributed by atoms with Gasteiger partial charge in [-0.25, -0.2) is 9.78 Å². The van der Waals surface area contributed by atoms with E-state index in [4.69, 9.17) is 19.2 Å². The van der Waals surface area contributed by atoms with Crippen LogP contribution >= 0.6 is 0 Å². The Balaban J connectivity index is 2.04. The number of carbonyl (C=O) groups excluding carboxylic acids is 1. The minimum absolute atomic E-state index is 0.173. The summed E-state index contributed by atoms with van der Waals surface area (Å²) < 4.78 is 19.5. The number of methoxy groups -OCH3 is 1. The molecule has 7 nitrogen and oxygen atoms in total. The van der Waals surface area contributed by atoms with Gasteiger partial charge in [0.05, 0.1) is 13.7 Å². The van der Waals surface area contributed by atoms with Crippen molar-refractivity contribution in [3.05, 3.63) is 59.9 Å². The number of nitrogens with zero attached hydrogens (tertiary/aromatic N) is 3. The molecule has 0 aliphatic rings. The van der Waals surface area contributed by atoms with Crippen LogP contribution in [0.15, 0.2) is 48.5 Å². The second-order valence-corrected chi connectivity index (χ2v) is 8.66. The van der Waals surface area contributed by atoms with Gasteiger partial charge < -0.3 is 23.7 Å². The summed E-state index contributed by atoms with van der Waals surface area (Å²) in [4.78, 5) is 19.1. The lowest BCUT2D eigenvalue weighted by Gasteiger charge is -2.19. The average molecular weight is 462 g/mol. The van der Waals surface area contributed by atoms with E-state index in [0.29, 0.717) is 24.7 Å². The normalized spacial score (nSPS) is 11.3. The molecule has 0 radical (unpaired) electrons. The Hall–Kier alpha value is -3.74. The van der Waals surface area contributed by atoms with Gasteiger partial charge in [-0.15, -0.1) is 0 Å². The number of hydrogen-bond donors (Lipinski definition) is 0. The van der Waals surface area contributed by atoms with Crippen molar-refractivity contribution in [3.8, 4) is 17.2 Å². The maximum atomic E-state index is 12.6. The summed E-state index contributed by atoms with van der Waals surface area (Å²) in [6.45, 7) is 7.19. The summed E-state index contributed by atoms with van der Waals surface area (Å²) in [5, 5.41) is 1.70. The Morgan fingerprint density at radius 3 is 2.29 bits per heavy atom. The van der Waals surface area contributed by atoms with E-state index < -0.39 is 6.09 Å². The van der Waals surface area contributed by atoms with E-state index in [1.165, 1.54) is 4.90 Å². The molecule has 0 saturated heterocycles. The van der Waals surface area contributed by atoms with E-state index in [1.54, 1.807) is 21.2 Å². The third-order valence-electron chi connectivity index (χ3n) is 5.70. The first-order valence-corrected chi connectivity index (χ1v) is 11.4. The molecule has 1 aromatic heterocycles. The SMILES string of the molecule is CCOc1c(OC(=O)N(C)C)c2ccccc2c2nc(C(C)C)n(Cc3ccc(OC)cc3)c12. The first-order valence-electron chi connectivity index (χ1n) is 11.4. The van der Waals surface area contributed by atoms with Gasteiger partial charge in [-0.05, 0) is 24.6 Å². The summed E-state index contributed by atoms with van der Waals surface area (Å²) in [7, 11) is 4.98. The van der Waals surface area contributed by atoms with Crippen LogP contribution in [0.25, 0.3) is 21.8 Å². The monoisotopic (exact) mass is 461 g/mol. The second kappa shape index (κ2) is 9.63. The van der Waals surface area contributed by atoms with Crippen LogP contribution in [0.3, 0.4) is 0 Å². The molecule has 0 unspecified atom stereocenters. The summed E-state index contributed by atoms with van der Waals surface area (Å²) in [6, 6.07) is 15.8. The Morgan fingerprint density at radius 2 is 1.71 bits per heavy atom. The second-order valence-electron chi connectivity index (χ2n) is 8.66. The number of hydrogen-bond acceptors (Lipinski definition) is 5. The number of rotatable bonds is 7. The van der Waals surface area contributed by atoms with Crippen LogP contribution in [0.1, 0.15) is 38.1 Å². The predicted molar refractivity (Wildman–Crippen MR) is 134 cm³/mol. The maximum absolute atomic E-state index is 12.6. The molecular weight excluding hydrogens is 430 g/mol. The summed E-state index contributed by atoms with van der Waals surface area (Å²) in [6.07, 6.45) is -0.462. The molecule has 1 heterocycles. The molecule has 34 heavy (non-hydrogen) atoms. The van der Waals surface area contributed by atoms with E-state index in [1.807, 2.05) is 55.5 Å². The first-order chi connectivity index (χ1) is 16.3. The smallest absolute Gasteiger partial charge is 0.414 e. The molecule has 0 saturated carbocycles. The lowest BCUT2D eigenvalue weighted by atomic mass is 10.1. The highest BCUT2D eigenvalue weighted by atomic mass is 16.6. The third kappa shape index (κ3) is 4.25. The molecule has 0 bridgehead atoms. The fourth-order valence-electron chi connectivity index (χ4n) is 4.08. The van der Waals surface area contributed by atoms with E-state index in [2.05, 4.69) is 18.4 Å². The van der Waals surface area contributed by atoms with Gasteiger partial charge in [-0.1, -0.05) is 50.2 Å². The van der Waals surface area contributed by atoms with E-state index in [-0.39, 0.29) is 5.92 Å². The molecule has 0 aliphatic carbocycles. The van der Waals surface area contributed by atoms with Crippen LogP contribution in [0.5, 0.6) is 17.2 Å². The maximum Gasteiger partial charge on any atom is 0.414 e. The highest BCUT2D eigenvalue weighted by Gasteiger charge is 2.26. The molecule has 0 spiro atoms. The number of carbonyl (C=O) groups is 1. The summed E-state index contributed by atoms with van der Waals surface area (Å²) in [5.74, 6) is 2.86. The lowest BCUT2D eigenvalue weighted by molar-refractivity contribution is 0.170. The van der Waals surface area contributed by atoms with Gasteiger partial charge >= 0.3 is 6.09 Å². The van der Waals surface area contributed by atoms with Crippen molar-refractivity contribution < 1.29 is 19.0 Å². The van der Waals surface area contributed by atoms with Gasteiger partial charge in [0.2, 0.25) is 0 Å². The van der Waals surface area contributed by atoms with Gasteiger partial charge in [0, 0.05) is 37.3 Å². The van der Waals surface area contributed by atoms with Crippen LogP contribution in [0.2, 0.25) is 0 Å². The average Bonchev–Trinajstić information content (AvgIpc) is 3.21. The number of aromatic nitrogens is 2. The number of ether oxygens (including phenoxy) is 3. The van der Waals surface area contributed by atoms with Crippen LogP contribution in [-0.2, 0) is 6.54 Å². The van der Waals surface area contributed by atoms with E-state index >= 15 is 0 Å². The van der Waals surface area contributed by atoms with Gasteiger partial charge in [-0.2, -0.15) is 0 Å². The Morgan fingerprint density at radius 1 is 1.03 bits per heavy atom. The van der Waals surface area contributed by atoms with Crippen LogP contribution in [0, 0.1) is 0 Å². The van der Waals surface area contributed by atoms with E-state index in [9.17, 15) is 4.79 Å². The topological polar surface area (TPSA) is 65.8 Å². The molecule has 3 aromatic carbocycles. The quantitative estimate of drug-likeness (QED) is 0.346. The highest BCUT2D eigenvalue weighted by molar-refractivity contribution is 6.11. The molecule has 0 N–H and O–H groups in total. The number of imidazole rings is 1. The van der Waals surface area contributed by atoms with E-state index in [0.717, 1.165) is 38.9 Å². The van der Waals surface area contributed by atoms with Crippen molar-refractivity contribution in [3.63, 3.8) is 0 Å². The largest absolute Gasteiger partial charge is 0.497 e. The fraction of sp³-hybridized carbons (Fsp3) is 0.333. The Kier molecular flexibility index (Phi) is 6.63. The van der Waals surface area contributed by atoms with Crippen molar-refractivity contribution in [2.24, 2.45) is 0 Å². The molecular formula is C27H31N3O4. The highest BCUT2D eigenvalue weighted by Crippen LogP contribution is 2.45. The standard InChI is InChI=1S/C27H31N3O4/c1-7-33-25-23-22(20-10-8-9-11-21(20)24(25)34-27(31)29(4)5)28-26(17(2)3)30(23)16-18-12-14-19(32-6)15-13-18/h8-15,17H,7,16H2,1-6H3. The zero-order chi connectivity index (χ0) is 24.4. The number of benzene rings is 3. The molecule has 0 aliphatic heterocycles. The predicted octanol–water partition coefficient (Wildman–Crippen LogP) is 5.83. The number of amides is 1. The van der Waals surface area contributed by atoms with Crippen molar-refractivity contribution >= 4 is 27.9 Å². The minimum Gasteiger partial charge on any atom is -0.497 e. The molecule has 4 aromatic rings. The van der Waals surface area contributed by atoms with Gasteiger partial charge in [-0.3, -0.25) is 0 Å². The zero-order valence-electron chi connectivity index (χ0n) is 20.6. The van der Waals surface area contributed by atoms with Gasteiger partial charge in [0.15, 0.2) is 11.5 Å². The summed E-state index contributed by atoms with van der Waals surface area (Å²) in [5.41, 5.74) is 2.76. The Labute approximate surface area is 199 Å². The van der Waals surface area contributed by atoms with Gasteiger partial charge in [0.1, 0.15) is 22.6 Å². The lowest BCUT2D eigenvalue weighted by Crippen LogP contribution is -2.25. The van der Waals surface area contributed by atoms with Crippen molar-refractivity contribution in [2.75, 3.05) is 27.8 Å². The number of fused-ring (bicyclic) bond motifs is 3. The fourth-order valence-corrected chi connectivity index (χ4v) is 4.08. The minimum atomic E-state index is -0.462.